The largest absolute Gasteiger partial charge is 0.394 e. The summed E-state index contributed by atoms with van der Waals surface area (Å²) in [6.45, 7) is 4.19. The average Bonchev–Trinajstić information content (AvgIpc) is 3.24. The minimum absolute atomic E-state index is 0.379. The van der Waals surface area contributed by atoms with E-state index in [1.165, 1.54) is 212 Å². The summed E-state index contributed by atoms with van der Waals surface area (Å²) in [6.07, 6.45) is 63.5. The van der Waals surface area contributed by atoms with E-state index in [4.69, 9.17) is 0 Å². The number of amides is 1. The van der Waals surface area contributed by atoms with Gasteiger partial charge in [0.2, 0.25) is 5.91 Å². The highest BCUT2D eigenvalue weighted by Gasteiger charge is 2.22. The lowest BCUT2D eigenvalue weighted by atomic mass is 10.0. The molecule has 0 radical (unpaired) electrons. The highest BCUT2D eigenvalue weighted by atomic mass is 16.3. The number of nitrogens with one attached hydrogen (secondary N) is 1. The maximum atomic E-state index is 12.5. The van der Waals surface area contributed by atoms with Gasteiger partial charge in [-0.1, -0.05) is 269 Å². The van der Waals surface area contributed by atoms with Crippen molar-refractivity contribution in [2.24, 2.45) is 0 Å². The summed E-state index contributed by atoms with van der Waals surface area (Å²) in [6, 6.07) is -0.819. The van der Waals surface area contributed by atoms with E-state index in [0.717, 1.165) is 44.9 Å². The number of hydrogen-bond acceptors (Lipinski definition) is 4. The Morgan fingerprint density at radius 1 is 0.407 bits per heavy atom. The zero-order chi connectivity index (χ0) is 43.0. The van der Waals surface area contributed by atoms with Crippen molar-refractivity contribution in [3.05, 3.63) is 36.5 Å². The van der Waals surface area contributed by atoms with E-state index >= 15 is 0 Å². The molecule has 0 aromatic carbocycles. The zero-order valence-corrected chi connectivity index (χ0v) is 39.6. The molecule has 3 atom stereocenters. The minimum atomic E-state index is -1.11. The maximum Gasteiger partial charge on any atom is 0.249 e. The van der Waals surface area contributed by atoms with Gasteiger partial charge in [-0.2, -0.15) is 0 Å². The maximum absolute atomic E-state index is 12.5. The third kappa shape index (κ3) is 44.4. The van der Waals surface area contributed by atoms with Gasteiger partial charge in [0.1, 0.15) is 6.10 Å². The van der Waals surface area contributed by atoms with E-state index in [-0.39, 0.29) is 6.61 Å². The van der Waals surface area contributed by atoms with Gasteiger partial charge in [-0.3, -0.25) is 4.79 Å². The topological polar surface area (TPSA) is 89.8 Å². The lowest BCUT2D eigenvalue weighted by Gasteiger charge is -2.21. The number of allylic oxidation sites excluding steroid dienone is 5. The molecule has 0 fully saturated rings. The average molecular weight is 830 g/mol. The van der Waals surface area contributed by atoms with Crippen molar-refractivity contribution < 1.29 is 20.1 Å². The fourth-order valence-electron chi connectivity index (χ4n) is 8.10. The number of aliphatic hydroxyl groups is 3. The molecule has 0 rings (SSSR count). The SMILES string of the molecule is CCCCCCCCCCCCCC/C=C/CC/C=C/CC/C=C/C(O)C(CO)NC(=O)C(O)CCCCCCCCCCCCCCCCCCCCCCCCC. The molecule has 0 aliphatic rings. The van der Waals surface area contributed by atoms with Gasteiger partial charge in [0.25, 0.3) is 0 Å². The number of hydrogen-bond donors (Lipinski definition) is 4. The first kappa shape index (κ1) is 57.6. The van der Waals surface area contributed by atoms with Crippen molar-refractivity contribution in [1.82, 2.24) is 5.32 Å². The molecule has 0 aromatic heterocycles. The molecule has 0 spiro atoms. The summed E-state index contributed by atoms with van der Waals surface area (Å²) in [7, 11) is 0. The smallest absolute Gasteiger partial charge is 0.249 e. The van der Waals surface area contributed by atoms with Gasteiger partial charge in [0.05, 0.1) is 18.8 Å². The van der Waals surface area contributed by atoms with Crippen LogP contribution in [0, 0.1) is 0 Å². The Morgan fingerprint density at radius 2 is 0.695 bits per heavy atom. The first-order chi connectivity index (χ1) is 29.1. The second-order valence-corrected chi connectivity index (χ2v) is 18.1. The fraction of sp³-hybridized carbons (Fsp3) is 0.870. The fourth-order valence-corrected chi connectivity index (χ4v) is 8.10. The molecule has 3 unspecified atom stereocenters. The monoisotopic (exact) mass is 830 g/mol. The Labute approximate surface area is 368 Å². The lowest BCUT2D eigenvalue weighted by Crippen LogP contribution is -2.48. The summed E-state index contributed by atoms with van der Waals surface area (Å²) in [5, 5.41) is 33.3. The predicted octanol–water partition coefficient (Wildman–Crippen LogP) is 15.9. The summed E-state index contributed by atoms with van der Waals surface area (Å²) in [5.74, 6) is -0.513. The quantitative estimate of drug-likeness (QED) is 0.0363. The van der Waals surface area contributed by atoms with E-state index in [1.807, 2.05) is 6.08 Å². The molecule has 5 nitrogen and oxygen atoms in total. The van der Waals surface area contributed by atoms with Crippen LogP contribution < -0.4 is 5.32 Å². The summed E-state index contributed by atoms with van der Waals surface area (Å²) in [4.78, 5) is 12.5. The Morgan fingerprint density at radius 3 is 1.03 bits per heavy atom. The number of rotatable bonds is 48. The van der Waals surface area contributed by atoms with E-state index < -0.39 is 24.2 Å². The van der Waals surface area contributed by atoms with Gasteiger partial charge in [0, 0.05) is 0 Å². The van der Waals surface area contributed by atoms with Crippen LogP contribution in [0.15, 0.2) is 36.5 Å². The van der Waals surface area contributed by atoms with Crippen molar-refractivity contribution in [1.29, 1.82) is 0 Å². The van der Waals surface area contributed by atoms with E-state index in [2.05, 4.69) is 43.5 Å². The van der Waals surface area contributed by atoms with Crippen LogP contribution in [0.1, 0.15) is 277 Å². The first-order valence-corrected chi connectivity index (χ1v) is 26.3. The van der Waals surface area contributed by atoms with Crippen LogP contribution in [0.25, 0.3) is 0 Å². The summed E-state index contributed by atoms with van der Waals surface area (Å²) >= 11 is 0. The normalized spacial score (nSPS) is 13.6. The highest BCUT2D eigenvalue weighted by molar-refractivity contribution is 5.80. The Balaban J connectivity index is 3.65. The standard InChI is InChI=1S/C54H103NO4/c1-3-5-7-9-11-13-15-17-19-21-23-25-27-29-31-33-35-37-39-41-43-45-47-49-53(58)54(59)55-51(50-56)52(57)48-46-44-42-40-38-36-34-32-30-28-26-24-22-20-18-16-14-12-10-8-6-4-2/h30,32,38,40,46,48,51-53,56-58H,3-29,31,33-37,39,41-45,47,49-50H2,1-2H3,(H,55,59)/b32-30+,40-38+,48-46+. The number of carbonyl (C=O) groups is 1. The van der Waals surface area contributed by atoms with Crippen molar-refractivity contribution in [3.8, 4) is 0 Å². The summed E-state index contributed by atoms with van der Waals surface area (Å²) < 4.78 is 0. The molecule has 0 saturated heterocycles. The molecule has 0 bridgehead atoms. The van der Waals surface area contributed by atoms with Crippen LogP contribution >= 0.6 is 0 Å². The molecular weight excluding hydrogens is 727 g/mol. The van der Waals surface area contributed by atoms with Crippen LogP contribution in [-0.2, 0) is 4.79 Å². The number of unbranched alkanes of at least 4 members (excludes halogenated alkanes) is 36. The van der Waals surface area contributed by atoms with Gasteiger partial charge < -0.3 is 20.6 Å². The van der Waals surface area contributed by atoms with E-state index in [0.29, 0.717) is 6.42 Å². The molecule has 0 aliphatic heterocycles. The molecule has 348 valence electrons. The van der Waals surface area contributed by atoms with E-state index in [1.54, 1.807) is 6.08 Å². The van der Waals surface area contributed by atoms with Crippen molar-refractivity contribution in [2.45, 2.75) is 295 Å². The van der Waals surface area contributed by atoms with Gasteiger partial charge in [0.15, 0.2) is 0 Å². The molecule has 0 heterocycles. The molecule has 59 heavy (non-hydrogen) atoms. The van der Waals surface area contributed by atoms with Crippen molar-refractivity contribution in [2.75, 3.05) is 6.61 Å². The Bertz CT molecular complexity index is 916. The van der Waals surface area contributed by atoms with Crippen molar-refractivity contribution >= 4 is 5.91 Å². The van der Waals surface area contributed by atoms with Crippen LogP contribution in [0.4, 0.5) is 0 Å². The van der Waals surface area contributed by atoms with Gasteiger partial charge in [-0.25, -0.2) is 0 Å². The second-order valence-electron chi connectivity index (χ2n) is 18.1. The predicted molar refractivity (Wildman–Crippen MR) is 259 cm³/mol. The number of aliphatic hydroxyl groups excluding tert-OH is 3. The van der Waals surface area contributed by atoms with Crippen LogP contribution in [0.5, 0.6) is 0 Å². The molecule has 0 aliphatic carbocycles. The molecule has 0 saturated carbocycles. The molecule has 4 N–H and O–H groups in total. The van der Waals surface area contributed by atoms with Gasteiger partial charge in [-0.15, -0.1) is 0 Å². The third-order valence-corrected chi connectivity index (χ3v) is 12.2. The lowest BCUT2D eigenvalue weighted by molar-refractivity contribution is -0.131. The van der Waals surface area contributed by atoms with Gasteiger partial charge in [-0.05, 0) is 44.9 Å². The van der Waals surface area contributed by atoms with Crippen LogP contribution in [0.3, 0.4) is 0 Å². The highest BCUT2D eigenvalue weighted by Crippen LogP contribution is 2.17. The molecule has 0 aromatic rings. The Hall–Kier alpha value is -1.43. The number of carbonyl (C=O) groups excluding carboxylic acids is 1. The van der Waals surface area contributed by atoms with E-state index in [9.17, 15) is 20.1 Å². The first-order valence-electron chi connectivity index (χ1n) is 26.3. The second kappa shape index (κ2) is 49.2. The molecule has 1 amide bonds. The van der Waals surface area contributed by atoms with Crippen molar-refractivity contribution in [3.63, 3.8) is 0 Å². The van der Waals surface area contributed by atoms with Crippen LogP contribution in [-0.4, -0.2) is 46.1 Å². The minimum Gasteiger partial charge on any atom is -0.394 e. The molecule has 5 heteroatoms. The van der Waals surface area contributed by atoms with Gasteiger partial charge >= 0.3 is 0 Å². The summed E-state index contributed by atoms with van der Waals surface area (Å²) in [5.41, 5.74) is 0. The zero-order valence-electron chi connectivity index (χ0n) is 39.6. The third-order valence-electron chi connectivity index (χ3n) is 12.2. The Kier molecular flexibility index (Phi) is 48.0. The molecular formula is C54H103NO4. The van der Waals surface area contributed by atoms with Crippen LogP contribution in [0.2, 0.25) is 0 Å².